The molecule has 0 aliphatic rings. The third kappa shape index (κ3) is 6.46. The van der Waals surface area contributed by atoms with Crippen molar-refractivity contribution in [1.29, 1.82) is 0 Å². The fourth-order valence-corrected chi connectivity index (χ4v) is 2.07. The molecule has 2 N–H and O–H groups in total. The maximum atomic E-state index is 5.93. The van der Waals surface area contributed by atoms with Crippen LogP contribution in [0, 0.1) is 11.8 Å². The first-order valence-corrected chi connectivity index (χ1v) is 7.93. The molecule has 3 nitrogen and oxygen atoms in total. The summed E-state index contributed by atoms with van der Waals surface area (Å²) in [6.07, 6.45) is 2.04. The Morgan fingerprint density at radius 3 is 2.26 bits per heavy atom. The monoisotopic (exact) mass is 309 g/mol. The minimum Gasteiger partial charge on any atom is -0.492 e. The van der Waals surface area contributed by atoms with Gasteiger partial charge in [0.05, 0.1) is 0 Å². The zero-order valence-electron chi connectivity index (χ0n) is 13.5. The quantitative estimate of drug-likeness (QED) is 0.794. The molecule has 1 atom stereocenters. The van der Waals surface area contributed by atoms with Crippen molar-refractivity contribution in [3.63, 3.8) is 0 Å². The molecule has 2 rings (SSSR count). The molecule has 0 aliphatic carbocycles. The Morgan fingerprint density at radius 2 is 1.61 bits per heavy atom. The van der Waals surface area contributed by atoms with Crippen LogP contribution in [0.15, 0.2) is 54.6 Å². The van der Waals surface area contributed by atoms with Gasteiger partial charge >= 0.3 is 0 Å². The Hall–Kier alpha value is -2.44. The molecule has 23 heavy (non-hydrogen) atoms. The van der Waals surface area contributed by atoms with Crippen molar-refractivity contribution < 1.29 is 9.47 Å². The summed E-state index contributed by atoms with van der Waals surface area (Å²) in [5.41, 5.74) is 6.92. The van der Waals surface area contributed by atoms with Gasteiger partial charge in [0.25, 0.3) is 0 Å². The van der Waals surface area contributed by atoms with Gasteiger partial charge in [-0.2, -0.15) is 0 Å². The summed E-state index contributed by atoms with van der Waals surface area (Å²) in [5, 5.41) is 0. The molecular weight excluding hydrogens is 286 g/mol. The van der Waals surface area contributed by atoms with E-state index in [2.05, 4.69) is 18.8 Å². The average molecular weight is 309 g/mol. The lowest BCUT2D eigenvalue weighted by molar-refractivity contribution is 0.281. The van der Waals surface area contributed by atoms with Crippen molar-refractivity contribution in [2.24, 2.45) is 5.73 Å². The molecule has 0 saturated heterocycles. The van der Waals surface area contributed by atoms with Crippen LogP contribution in [-0.4, -0.2) is 19.3 Å². The highest BCUT2D eigenvalue weighted by atomic mass is 16.5. The van der Waals surface area contributed by atoms with Crippen molar-refractivity contribution in [2.45, 2.75) is 25.8 Å². The number of hydrogen-bond donors (Lipinski definition) is 1. The highest BCUT2D eigenvalue weighted by Crippen LogP contribution is 2.17. The maximum absolute atomic E-state index is 5.93. The number of rotatable bonds is 7. The summed E-state index contributed by atoms with van der Waals surface area (Å²) in [5.74, 6) is 7.64. The van der Waals surface area contributed by atoms with Gasteiger partial charge in [-0.25, -0.2) is 0 Å². The Labute approximate surface area is 138 Å². The fourth-order valence-electron chi connectivity index (χ4n) is 2.07. The Bertz CT molecular complexity index is 626. The summed E-state index contributed by atoms with van der Waals surface area (Å²) >= 11 is 0. The molecular formula is C20H23NO2. The fraction of sp³-hybridized carbons (Fsp3) is 0.300. The van der Waals surface area contributed by atoms with E-state index in [1.165, 1.54) is 0 Å². The zero-order chi connectivity index (χ0) is 16.3. The van der Waals surface area contributed by atoms with E-state index in [4.69, 9.17) is 15.2 Å². The maximum Gasteiger partial charge on any atom is 0.149 e. The first-order chi connectivity index (χ1) is 11.3. The highest BCUT2D eigenvalue weighted by Gasteiger charge is 2.02. The van der Waals surface area contributed by atoms with Crippen LogP contribution in [0.4, 0.5) is 0 Å². The van der Waals surface area contributed by atoms with Crippen LogP contribution in [0.2, 0.25) is 0 Å². The Balaban J connectivity index is 1.76. The second kappa shape index (κ2) is 9.55. The molecule has 120 valence electrons. The van der Waals surface area contributed by atoms with E-state index < -0.39 is 0 Å². The third-order valence-corrected chi connectivity index (χ3v) is 3.26. The lowest BCUT2D eigenvalue weighted by atomic mass is 10.2. The number of hydrogen-bond acceptors (Lipinski definition) is 3. The van der Waals surface area contributed by atoms with Crippen LogP contribution in [0.5, 0.6) is 11.5 Å². The number of ether oxygens (including phenoxy) is 2. The molecule has 2 aromatic carbocycles. The van der Waals surface area contributed by atoms with Crippen LogP contribution < -0.4 is 15.2 Å². The smallest absolute Gasteiger partial charge is 0.149 e. The summed E-state index contributed by atoms with van der Waals surface area (Å²) in [4.78, 5) is 0. The molecule has 0 spiro atoms. The molecule has 0 heterocycles. The van der Waals surface area contributed by atoms with Crippen molar-refractivity contribution in [1.82, 2.24) is 0 Å². The van der Waals surface area contributed by atoms with Crippen LogP contribution >= 0.6 is 0 Å². The lowest BCUT2D eigenvalue weighted by Gasteiger charge is -2.12. The summed E-state index contributed by atoms with van der Waals surface area (Å²) < 4.78 is 11.2. The van der Waals surface area contributed by atoms with Gasteiger partial charge in [0, 0.05) is 11.6 Å². The third-order valence-electron chi connectivity index (χ3n) is 3.26. The van der Waals surface area contributed by atoms with Crippen molar-refractivity contribution in [3.8, 4) is 23.3 Å². The van der Waals surface area contributed by atoms with E-state index in [1.807, 2.05) is 54.6 Å². The molecule has 3 heteroatoms. The van der Waals surface area contributed by atoms with E-state index in [0.29, 0.717) is 13.2 Å². The van der Waals surface area contributed by atoms with Gasteiger partial charge in [-0.05, 0) is 42.8 Å². The normalized spacial score (nSPS) is 11.2. The standard InChI is InChI=1S/C20H23NO2/c1-2-7-18(21)16-23-20-13-11-19(12-14-20)22-15-6-10-17-8-4-3-5-9-17/h3-5,8-9,11-14,18H,2,7,15-16,21H2,1H3. The topological polar surface area (TPSA) is 44.5 Å². The minimum absolute atomic E-state index is 0.0872. The van der Waals surface area contributed by atoms with Gasteiger partial charge in [-0.1, -0.05) is 43.4 Å². The van der Waals surface area contributed by atoms with E-state index in [0.717, 1.165) is 29.9 Å². The van der Waals surface area contributed by atoms with E-state index in [-0.39, 0.29) is 6.04 Å². The van der Waals surface area contributed by atoms with Crippen LogP contribution in [0.3, 0.4) is 0 Å². The van der Waals surface area contributed by atoms with Gasteiger partial charge in [-0.15, -0.1) is 0 Å². The lowest BCUT2D eigenvalue weighted by Crippen LogP contribution is -2.27. The summed E-state index contributed by atoms with van der Waals surface area (Å²) in [6, 6.07) is 17.5. The van der Waals surface area contributed by atoms with Gasteiger partial charge < -0.3 is 15.2 Å². The van der Waals surface area contributed by atoms with Crippen LogP contribution in [0.1, 0.15) is 25.3 Å². The van der Waals surface area contributed by atoms with Gasteiger partial charge in [0.1, 0.15) is 24.7 Å². The molecule has 1 unspecified atom stereocenters. The largest absolute Gasteiger partial charge is 0.492 e. The molecule has 0 fully saturated rings. The van der Waals surface area contributed by atoms with E-state index in [1.54, 1.807) is 0 Å². The molecule has 0 aromatic heterocycles. The summed E-state index contributed by atoms with van der Waals surface area (Å²) in [6.45, 7) is 3.01. The molecule has 2 aromatic rings. The average Bonchev–Trinajstić information content (AvgIpc) is 2.59. The Morgan fingerprint density at radius 1 is 0.957 bits per heavy atom. The van der Waals surface area contributed by atoms with Crippen molar-refractivity contribution >= 4 is 0 Å². The minimum atomic E-state index is 0.0872. The summed E-state index contributed by atoms with van der Waals surface area (Å²) in [7, 11) is 0. The number of nitrogens with two attached hydrogens (primary N) is 1. The van der Waals surface area contributed by atoms with E-state index in [9.17, 15) is 0 Å². The van der Waals surface area contributed by atoms with Gasteiger partial charge in [0.2, 0.25) is 0 Å². The predicted octanol–water partition coefficient (Wildman–Crippen LogP) is 3.62. The molecule has 0 aliphatic heterocycles. The molecule has 0 radical (unpaired) electrons. The van der Waals surface area contributed by atoms with Crippen molar-refractivity contribution in [3.05, 3.63) is 60.2 Å². The van der Waals surface area contributed by atoms with E-state index >= 15 is 0 Å². The van der Waals surface area contributed by atoms with Gasteiger partial charge in [-0.3, -0.25) is 0 Å². The second-order valence-corrected chi connectivity index (χ2v) is 5.29. The first kappa shape index (κ1) is 16.9. The SMILES string of the molecule is CCCC(N)COc1ccc(OCC#Cc2ccccc2)cc1. The second-order valence-electron chi connectivity index (χ2n) is 5.29. The Kier molecular flexibility index (Phi) is 7.03. The van der Waals surface area contributed by atoms with Crippen LogP contribution in [-0.2, 0) is 0 Å². The van der Waals surface area contributed by atoms with Crippen molar-refractivity contribution in [2.75, 3.05) is 13.2 Å². The zero-order valence-corrected chi connectivity index (χ0v) is 13.5. The van der Waals surface area contributed by atoms with Crippen LogP contribution in [0.25, 0.3) is 0 Å². The van der Waals surface area contributed by atoms with Gasteiger partial charge in [0.15, 0.2) is 0 Å². The molecule has 0 saturated carbocycles. The predicted molar refractivity (Wildman–Crippen MR) is 93.6 cm³/mol. The first-order valence-electron chi connectivity index (χ1n) is 7.93. The number of benzene rings is 2. The molecule has 0 bridgehead atoms. The molecule has 0 amide bonds. The highest BCUT2D eigenvalue weighted by molar-refractivity contribution is 5.34.